The van der Waals surface area contributed by atoms with E-state index in [0.717, 1.165) is 42.1 Å². The Morgan fingerprint density at radius 2 is 2.06 bits per heavy atom. The summed E-state index contributed by atoms with van der Waals surface area (Å²) < 4.78 is 5.72. The van der Waals surface area contributed by atoms with Gasteiger partial charge in [-0.3, -0.25) is 4.90 Å². The fourth-order valence-electron chi connectivity index (χ4n) is 2.31. The van der Waals surface area contributed by atoms with Crippen molar-refractivity contribution < 1.29 is 4.42 Å². The minimum Gasteiger partial charge on any atom is -0.439 e. The zero-order valence-corrected chi connectivity index (χ0v) is 11.3. The van der Waals surface area contributed by atoms with E-state index in [-0.39, 0.29) is 0 Å². The Bertz CT molecular complexity index is 517. The first-order valence-corrected chi connectivity index (χ1v) is 6.49. The Morgan fingerprint density at radius 1 is 1.33 bits per heavy atom. The van der Waals surface area contributed by atoms with Crippen molar-refractivity contribution in [3.63, 3.8) is 0 Å². The highest BCUT2D eigenvalue weighted by molar-refractivity contribution is 5.76. The lowest BCUT2D eigenvalue weighted by molar-refractivity contribution is 0.204. The second-order valence-electron chi connectivity index (χ2n) is 4.72. The van der Waals surface area contributed by atoms with E-state index in [0.29, 0.717) is 6.04 Å². The molecular formula is C14H21N3O. The number of oxazole rings is 1. The molecule has 0 aliphatic heterocycles. The molecule has 0 aliphatic carbocycles. The molecule has 0 aliphatic rings. The third-order valence-corrected chi connectivity index (χ3v) is 3.41. The largest absolute Gasteiger partial charge is 0.439 e. The molecule has 4 nitrogen and oxygen atoms in total. The van der Waals surface area contributed by atoms with Crippen molar-refractivity contribution in [2.24, 2.45) is 0 Å². The normalized spacial score (nSPS) is 11.8. The highest BCUT2D eigenvalue weighted by Gasteiger charge is 2.14. The SMILES string of the molecule is CCC(CC)N(C)Cc1nc2cc(N)ccc2o1. The highest BCUT2D eigenvalue weighted by Crippen LogP contribution is 2.20. The third kappa shape index (κ3) is 2.64. The van der Waals surface area contributed by atoms with Crippen LogP contribution < -0.4 is 5.73 Å². The van der Waals surface area contributed by atoms with Crippen molar-refractivity contribution >= 4 is 16.8 Å². The van der Waals surface area contributed by atoms with Crippen molar-refractivity contribution in [1.29, 1.82) is 0 Å². The molecule has 0 saturated carbocycles. The lowest BCUT2D eigenvalue weighted by Crippen LogP contribution is -2.30. The predicted octanol–water partition coefficient (Wildman–Crippen LogP) is 3.03. The van der Waals surface area contributed by atoms with Gasteiger partial charge in [0.05, 0.1) is 6.54 Å². The summed E-state index contributed by atoms with van der Waals surface area (Å²) in [4.78, 5) is 6.76. The number of nitrogen functional groups attached to an aromatic ring is 1. The molecule has 2 N–H and O–H groups in total. The number of hydrogen-bond acceptors (Lipinski definition) is 4. The average molecular weight is 247 g/mol. The molecule has 0 spiro atoms. The number of rotatable bonds is 5. The van der Waals surface area contributed by atoms with Crippen LogP contribution in [0.2, 0.25) is 0 Å². The van der Waals surface area contributed by atoms with Gasteiger partial charge in [-0.2, -0.15) is 0 Å². The van der Waals surface area contributed by atoms with Crippen LogP contribution in [0.15, 0.2) is 22.6 Å². The monoisotopic (exact) mass is 247 g/mol. The fourth-order valence-corrected chi connectivity index (χ4v) is 2.31. The van der Waals surface area contributed by atoms with E-state index >= 15 is 0 Å². The van der Waals surface area contributed by atoms with Crippen LogP contribution in [0.1, 0.15) is 32.6 Å². The summed E-state index contributed by atoms with van der Waals surface area (Å²) in [6.07, 6.45) is 2.28. The molecular weight excluding hydrogens is 226 g/mol. The molecule has 18 heavy (non-hydrogen) atoms. The van der Waals surface area contributed by atoms with Crippen molar-refractivity contribution in [1.82, 2.24) is 9.88 Å². The molecule has 1 aromatic carbocycles. The van der Waals surface area contributed by atoms with Crippen LogP contribution in [0.5, 0.6) is 0 Å². The van der Waals surface area contributed by atoms with E-state index in [2.05, 4.69) is 30.8 Å². The minimum absolute atomic E-state index is 0.574. The number of nitrogens with zero attached hydrogens (tertiary/aromatic N) is 2. The number of nitrogens with two attached hydrogens (primary N) is 1. The summed E-state index contributed by atoms with van der Waals surface area (Å²) in [5, 5.41) is 0. The maximum atomic E-state index is 5.73. The lowest BCUT2D eigenvalue weighted by Gasteiger charge is -2.24. The molecule has 0 unspecified atom stereocenters. The standard InChI is InChI=1S/C14H21N3O/c1-4-11(5-2)17(3)9-14-16-12-8-10(15)6-7-13(12)18-14/h6-8,11H,4-5,9,15H2,1-3H3. The van der Waals surface area contributed by atoms with Gasteiger partial charge < -0.3 is 10.2 Å². The minimum atomic E-state index is 0.574. The maximum absolute atomic E-state index is 5.73. The van der Waals surface area contributed by atoms with Gasteiger partial charge in [0.15, 0.2) is 5.58 Å². The van der Waals surface area contributed by atoms with E-state index in [4.69, 9.17) is 10.2 Å². The number of anilines is 1. The highest BCUT2D eigenvalue weighted by atomic mass is 16.3. The summed E-state index contributed by atoms with van der Waals surface area (Å²) in [5.74, 6) is 0.755. The van der Waals surface area contributed by atoms with Gasteiger partial charge in [0.2, 0.25) is 5.89 Å². The van der Waals surface area contributed by atoms with Crippen LogP contribution in [-0.2, 0) is 6.54 Å². The van der Waals surface area contributed by atoms with Gasteiger partial charge in [0.1, 0.15) is 5.52 Å². The molecule has 0 bridgehead atoms. The molecule has 2 rings (SSSR count). The Labute approximate surface area is 108 Å². The smallest absolute Gasteiger partial charge is 0.209 e. The van der Waals surface area contributed by atoms with Gasteiger partial charge >= 0.3 is 0 Å². The van der Waals surface area contributed by atoms with Crippen molar-refractivity contribution in [2.75, 3.05) is 12.8 Å². The number of fused-ring (bicyclic) bond motifs is 1. The Hall–Kier alpha value is -1.55. The molecule has 98 valence electrons. The van der Waals surface area contributed by atoms with Gasteiger partial charge in [-0.25, -0.2) is 4.98 Å². The summed E-state index contributed by atoms with van der Waals surface area (Å²) in [6, 6.07) is 6.13. The fraction of sp³-hybridized carbons (Fsp3) is 0.500. The zero-order chi connectivity index (χ0) is 13.1. The second-order valence-corrected chi connectivity index (χ2v) is 4.72. The number of aromatic nitrogens is 1. The lowest BCUT2D eigenvalue weighted by atomic mass is 10.1. The van der Waals surface area contributed by atoms with Crippen LogP contribution in [0.3, 0.4) is 0 Å². The summed E-state index contributed by atoms with van der Waals surface area (Å²) in [6.45, 7) is 5.15. The first-order valence-electron chi connectivity index (χ1n) is 6.49. The topological polar surface area (TPSA) is 55.3 Å². The number of benzene rings is 1. The van der Waals surface area contributed by atoms with E-state index in [1.807, 2.05) is 18.2 Å². The molecule has 0 fully saturated rings. The Balaban J connectivity index is 2.16. The zero-order valence-electron chi connectivity index (χ0n) is 11.3. The molecule has 0 radical (unpaired) electrons. The van der Waals surface area contributed by atoms with E-state index in [1.165, 1.54) is 0 Å². The van der Waals surface area contributed by atoms with Gasteiger partial charge in [-0.05, 0) is 38.1 Å². The van der Waals surface area contributed by atoms with Crippen molar-refractivity contribution in [3.8, 4) is 0 Å². The molecule has 1 aromatic heterocycles. The van der Waals surface area contributed by atoms with Gasteiger partial charge in [-0.1, -0.05) is 13.8 Å². The first-order chi connectivity index (χ1) is 8.63. The second kappa shape index (κ2) is 5.40. The van der Waals surface area contributed by atoms with E-state index < -0.39 is 0 Å². The van der Waals surface area contributed by atoms with Crippen LogP contribution >= 0.6 is 0 Å². The maximum Gasteiger partial charge on any atom is 0.209 e. The van der Waals surface area contributed by atoms with Gasteiger partial charge in [0.25, 0.3) is 0 Å². The van der Waals surface area contributed by atoms with Crippen LogP contribution in [-0.4, -0.2) is 23.0 Å². The molecule has 0 saturated heterocycles. The summed E-state index contributed by atoms with van der Waals surface area (Å²) >= 11 is 0. The van der Waals surface area contributed by atoms with E-state index in [9.17, 15) is 0 Å². The third-order valence-electron chi connectivity index (χ3n) is 3.41. The Morgan fingerprint density at radius 3 is 2.72 bits per heavy atom. The van der Waals surface area contributed by atoms with Crippen LogP contribution in [0.4, 0.5) is 5.69 Å². The molecule has 0 amide bonds. The summed E-state index contributed by atoms with van der Waals surface area (Å²) in [7, 11) is 2.11. The molecule has 1 heterocycles. The Kier molecular flexibility index (Phi) is 3.87. The number of hydrogen-bond donors (Lipinski definition) is 1. The van der Waals surface area contributed by atoms with Crippen LogP contribution in [0, 0.1) is 0 Å². The van der Waals surface area contributed by atoms with Gasteiger partial charge in [-0.15, -0.1) is 0 Å². The molecule has 2 aromatic rings. The predicted molar refractivity (Wildman–Crippen MR) is 74.3 cm³/mol. The van der Waals surface area contributed by atoms with E-state index in [1.54, 1.807) is 0 Å². The van der Waals surface area contributed by atoms with Crippen molar-refractivity contribution in [3.05, 3.63) is 24.1 Å². The molecule has 4 heteroatoms. The van der Waals surface area contributed by atoms with Crippen LogP contribution in [0.25, 0.3) is 11.1 Å². The van der Waals surface area contributed by atoms with Crippen molar-refractivity contribution in [2.45, 2.75) is 39.3 Å². The first kappa shape index (κ1) is 12.9. The molecule has 0 atom stereocenters. The van der Waals surface area contributed by atoms with Gasteiger partial charge in [0, 0.05) is 11.7 Å². The quantitative estimate of drug-likeness (QED) is 0.825. The summed E-state index contributed by atoms with van der Waals surface area (Å²) in [5.41, 5.74) is 8.09. The average Bonchev–Trinajstić information content (AvgIpc) is 2.71.